The summed E-state index contributed by atoms with van der Waals surface area (Å²) in [5, 5.41) is 3.93. The summed E-state index contributed by atoms with van der Waals surface area (Å²) in [6, 6.07) is 8.55. The fraction of sp³-hybridized carbons (Fsp3) is 0.286. The zero-order chi connectivity index (χ0) is 13.4. The van der Waals surface area contributed by atoms with E-state index in [0.29, 0.717) is 5.15 Å². The molecule has 19 heavy (non-hydrogen) atoms. The van der Waals surface area contributed by atoms with Crippen molar-refractivity contribution in [2.24, 2.45) is 0 Å². The minimum absolute atomic E-state index is 0.211. The summed E-state index contributed by atoms with van der Waals surface area (Å²) in [5.74, 6) is 0.809. The summed E-state index contributed by atoms with van der Waals surface area (Å²) in [5.41, 5.74) is 3.20. The van der Waals surface area contributed by atoms with Gasteiger partial charge in [0.15, 0.2) is 11.0 Å². The predicted molar refractivity (Wildman–Crippen MR) is 78.2 cm³/mol. The molecule has 2 aromatic rings. The molecule has 3 rings (SSSR count). The highest BCUT2D eigenvalue weighted by molar-refractivity contribution is 6.32. The van der Waals surface area contributed by atoms with Gasteiger partial charge >= 0.3 is 0 Å². The monoisotopic (exact) mass is 274 g/mol. The van der Waals surface area contributed by atoms with E-state index < -0.39 is 0 Å². The van der Waals surface area contributed by atoms with Crippen molar-refractivity contribution in [3.8, 4) is 0 Å². The van der Waals surface area contributed by atoms with E-state index in [2.05, 4.69) is 45.3 Å². The standard InChI is InChI=1S/C14H15ClN4/c1-3-10-9-6-4-5-7-11(9)19(2)14-12(18-10)13(15)16-8-17-14/h4-8,10,18H,3H2,1-2H3. The summed E-state index contributed by atoms with van der Waals surface area (Å²) >= 11 is 6.20. The molecule has 0 bridgehead atoms. The van der Waals surface area contributed by atoms with E-state index in [1.165, 1.54) is 11.9 Å². The molecule has 1 N–H and O–H groups in total. The van der Waals surface area contributed by atoms with Gasteiger partial charge < -0.3 is 10.2 Å². The fourth-order valence-corrected chi connectivity index (χ4v) is 2.69. The van der Waals surface area contributed by atoms with Crippen LogP contribution in [0.3, 0.4) is 0 Å². The molecule has 0 aliphatic carbocycles. The third kappa shape index (κ3) is 1.92. The Labute approximate surface area is 117 Å². The third-order valence-electron chi connectivity index (χ3n) is 3.50. The first-order chi connectivity index (χ1) is 9.22. The van der Waals surface area contributed by atoms with Gasteiger partial charge in [0.25, 0.3) is 0 Å². The van der Waals surface area contributed by atoms with Crippen LogP contribution in [0, 0.1) is 0 Å². The zero-order valence-corrected chi connectivity index (χ0v) is 11.6. The third-order valence-corrected chi connectivity index (χ3v) is 3.79. The lowest BCUT2D eigenvalue weighted by atomic mass is 10.0. The minimum Gasteiger partial charge on any atom is -0.373 e. The lowest BCUT2D eigenvalue weighted by molar-refractivity contribution is 0.753. The number of para-hydroxylation sites is 1. The molecule has 2 heterocycles. The fourth-order valence-electron chi connectivity index (χ4n) is 2.51. The van der Waals surface area contributed by atoms with Gasteiger partial charge in [-0.25, -0.2) is 9.97 Å². The molecule has 0 saturated heterocycles. The largest absolute Gasteiger partial charge is 0.373 e. The Hall–Kier alpha value is -1.81. The lowest BCUT2D eigenvalue weighted by Crippen LogP contribution is -2.12. The molecule has 1 aromatic heterocycles. The highest BCUT2D eigenvalue weighted by Crippen LogP contribution is 2.42. The van der Waals surface area contributed by atoms with Crippen LogP contribution in [0.25, 0.3) is 0 Å². The van der Waals surface area contributed by atoms with Crippen molar-refractivity contribution in [1.82, 2.24) is 9.97 Å². The Kier molecular flexibility index (Phi) is 3.03. The van der Waals surface area contributed by atoms with Crippen molar-refractivity contribution in [2.75, 3.05) is 17.3 Å². The van der Waals surface area contributed by atoms with Gasteiger partial charge in [-0.3, -0.25) is 0 Å². The number of benzene rings is 1. The van der Waals surface area contributed by atoms with Crippen molar-refractivity contribution in [1.29, 1.82) is 0 Å². The van der Waals surface area contributed by atoms with Crippen LogP contribution in [0.15, 0.2) is 30.6 Å². The first kappa shape index (κ1) is 12.2. The Balaban J connectivity index is 2.24. The second kappa shape index (κ2) is 4.70. The van der Waals surface area contributed by atoms with Crippen LogP contribution < -0.4 is 10.2 Å². The van der Waals surface area contributed by atoms with E-state index in [1.807, 2.05) is 13.1 Å². The number of aromatic nitrogens is 2. The molecular formula is C14H15ClN4. The molecule has 1 aromatic carbocycles. The predicted octanol–water partition coefficient (Wildman–Crippen LogP) is 3.77. The molecule has 0 fully saturated rings. The number of rotatable bonds is 1. The van der Waals surface area contributed by atoms with Crippen molar-refractivity contribution in [3.05, 3.63) is 41.3 Å². The number of nitrogens with one attached hydrogen (secondary N) is 1. The van der Waals surface area contributed by atoms with E-state index in [0.717, 1.165) is 23.6 Å². The van der Waals surface area contributed by atoms with Gasteiger partial charge in [-0.2, -0.15) is 0 Å². The van der Waals surface area contributed by atoms with E-state index in [9.17, 15) is 0 Å². The second-order valence-electron chi connectivity index (χ2n) is 4.59. The normalized spacial score (nSPS) is 17.2. The first-order valence-electron chi connectivity index (χ1n) is 6.32. The van der Waals surface area contributed by atoms with Crippen LogP contribution in [0.4, 0.5) is 17.2 Å². The van der Waals surface area contributed by atoms with Crippen LogP contribution in [-0.2, 0) is 0 Å². The molecule has 0 saturated carbocycles. The Morgan fingerprint density at radius 3 is 2.89 bits per heavy atom. The van der Waals surface area contributed by atoms with Crippen LogP contribution >= 0.6 is 11.6 Å². The van der Waals surface area contributed by atoms with Crippen LogP contribution in [-0.4, -0.2) is 17.0 Å². The summed E-state index contributed by atoms with van der Waals surface area (Å²) in [6.45, 7) is 2.15. The smallest absolute Gasteiger partial charge is 0.161 e. The molecule has 5 heteroatoms. The van der Waals surface area contributed by atoms with Crippen LogP contribution in [0.1, 0.15) is 24.9 Å². The number of hydrogen-bond acceptors (Lipinski definition) is 4. The first-order valence-corrected chi connectivity index (χ1v) is 6.70. The molecule has 1 aliphatic heterocycles. The summed E-state index contributed by atoms with van der Waals surface area (Å²) < 4.78 is 0. The molecule has 98 valence electrons. The maximum atomic E-state index is 6.20. The minimum atomic E-state index is 0.211. The summed E-state index contributed by atoms with van der Waals surface area (Å²) in [6.07, 6.45) is 2.46. The van der Waals surface area contributed by atoms with E-state index in [4.69, 9.17) is 11.6 Å². The Bertz CT molecular complexity index is 614. The van der Waals surface area contributed by atoms with Gasteiger partial charge in [-0.05, 0) is 18.1 Å². The molecule has 0 amide bonds. The molecule has 0 radical (unpaired) electrons. The van der Waals surface area contributed by atoms with Gasteiger partial charge in [-0.1, -0.05) is 36.7 Å². The molecular weight excluding hydrogens is 260 g/mol. The maximum Gasteiger partial charge on any atom is 0.161 e. The Morgan fingerprint density at radius 2 is 2.11 bits per heavy atom. The van der Waals surface area contributed by atoms with Gasteiger partial charge in [0.1, 0.15) is 12.0 Å². The molecule has 0 spiro atoms. The van der Waals surface area contributed by atoms with Gasteiger partial charge in [0, 0.05) is 12.7 Å². The van der Waals surface area contributed by atoms with E-state index in [-0.39, 0.29) is 6.04 Å². The molecule has 4 nitrogen and oxygen atoms in total. The number of halogens is 1. The van der Waals surface area contributed by atoms with Gasteiger partial charge in [0.2, 0.25) is 0 Å². The number of hydrogen-bond donors (Lipinski definition) is 1. The summed E-state index contributed by atoms with van der Waals surface area (Å²) in [7, 11) is 2.00. The Morgan fingerprint density at radius 1 is 1.32 bits per heavy atom. The molecule has 1 unspecified atom stereocenters. The lowest BCUT2D eigenvalue weighted by Gasteiger charge is -2.20. The maximum absolute atomic E-state index is 6.20. The average molecular weight is 275 g/mol. The number of nitrogens with zero attached hydrogens (tertiary/aromatic N) is 3. The van der Waals surface area contributed by atoms with Gasteiger partial charge in [0.05, 0.1) is 6.04 Å². The topological polar surface area (TPSA) is 41.1 Å². The highest BCUT2D eigenvalue weighted by Gasteiger charge is 2.25. The molecule has 1 aliphatic rings. The van der Waals surface area contributed by atoms with Gasteiger partial charge in [-0.15, -0.1) is 0 Å². The SMILES string of the molecule is CCC1Nc2c(Cl)ncnc2N(C)c2ccccc21. The van der Waals surface area contributed by atoms with Crippen molar-refractivity contribution >= 4 is 28.8 Å². The quantitative estimate of drug-likeness (QED) is 0.804. The van der Waals surface area contributed by atoms with Crippen molar-refractivity contribution in [3.63, 3.8) is 0 Å². The van der Waals surface area contributed by atoms with Crippen LogP contribution in [0.5, 0.6) is 0 Å². The van der Waals surface area contributed by atoms with Crippen LogP contribution in [0.2, 0.25) is 5.15 Å². The average Bonchev–Trinajstić information content (AvgIpc) is 2.56. The molecule has 1 atom stereocenters. The zero-order valence-electron chi connectivity index (χ0n) is 10.9. The highest BCUT2D eigenvalue weighted by atomic mass is 35.5. The van der Waals surface area contributed by atoms with E-state index >= 15 is 0 Å². The number of anilines is 3. The summed E-state index contributed by atoms with van der Waals surface area (Å²) in [4.78, 5) is 10.5. The van der Waals surface area contributed by atoms with Crippen molar-refractivity contribution in [2.45, 2.75) is 19.4 Å². The van der Waals surface area contributed by atoms with Crippen molar-refractivity contribution < 1.29 is 0 Å². The second-order valence-corrected chi connectivity index (χ2v) is 4.94. The van der Waals surface area contributed by atoms with E-state index in [1.54, 1.807) is 0 Å². The number of fused-ring (bicyclic) bond motifs is 2.